The second-order valence-electron chi connectivity index (χ2n) is 7.78. The first-order valence-electron chi connectivity index (χ1n) is 11.0. The van der Waals surface area contributed by atoms with E-state index in [2.05, 4.69) is 5.32 Å². The molecule has 0 aliphatic heterocycles. The normalized spacial score (nSPS) is 10.3. The van der Waals surface area contributed by atoms with E-state index in [4.69, 9.17) is 9.47 Å². The van der Waals surface area contributed by atoms with Gasteiger partial charge in [0.05, 0.1) is 11.3 Å². The van der Waals surface area contributed by atoms with Gasteiger partial charge >= 0.3 is 5.97 Å². The third kappa shape index (κ3) is 6.00. The molecule has 0 aromatic heterocycles. The Hall–Kier alpha value is -4.71. The quantitative estimate of drug-likeness (QED) is 0.262. The average molecular weight is 466 g/mol. The first kappa shape index (κ1) is 23.4. The highest BCUT2D eigenvalue weighted by molar-refractivity contribution is 6.14. The maximum Gasteiger partial charge on any atom is 0.339 e. The van der Waals surface area contributed by atoms with Gasteiger partial charge in [-0.25, -0.2) is 4.79 Å². The van der Waals surface area contributed by atoms with Gasteiger partial charge in [-0.2, -0.15) is 0 Å². The van der Waals surface area contributed by atoms with Crippen LogP contribution in [0.25, 0.3) is 0 Å². The molecule has 1 N–H and O–H groups in total. The molecule has 1 amide bonds. The summed E-state index contributed by atoms with van der Waals surface area (Å²) >= 11 is 0. The van der Waals surface area contributed by atoms with Gasteiger partial charge < -0.3 is 14.8 Å². The summed E-state index contributed by atoms with van der Waals surface area (Å²) in [5.41, 5.74) is 2.23. The number of ketones is 1. The molecule has 174 valence electrons. The number of hydrogen-bond donors (Lipinski definition) is 1. The van der Waals surface area contributed by atoms with Crippen LogP contribution in [-0.2, 0) is 9.53 Å². The number of hydrogen-bond acceptors (Lipinski definition) is 5. The highest BCUT2D eigenvalue weighted by Gasteiger charge is 2.20. The Morgan fingerprint density at radius 1 is 0.714 bits per heavy atom. The van der Waals surface area contributed by atoms with Crippen molar-refractivity contribution in [2.24, 2.45) is 0 Å². The minimum absolute atomic E-state index is 0.0960. The van der Waals surface area contributed by atoms with Gasteiger partial charge in [-0.05, 0) is 37.3 Å². The zero-order valence-electron chi connectivity index (χ0n) is 19.1. The molecule has 0 atom stereocenters. The van der Waals surface area contributed by atoms with Crippen LogP contribution in [-0.4, -0.2) is 24.3 Å². The molecule has 6 heteroatoms. The van der Waals surface area contributed by atoms with Crippen LogP contribution in [0.4, 0.5) is 5.69 Å². The minimum atomic E-state index is -0.759. The van der Waals surface area contributed by atoms with E-state index >= 15 is 0 Å². The standard InChI is InChI=1S/C29H23NO5/c1-20-15-17-21(18-16-20)28(32)23-11-5-6-12-24(23)29(33)34-19-27(31)30-25-13-7-8-14-26(25)35-22-9-3-2-4-10-22/h2-18H,19H2,1H3,(H,30,31). The van der Waals surface area contributed by atoms with Crippen molar-refractivity contribution in [2.45, 2.75) is 6.92 Å². The first-order valence-corrected chi connectivity index (χ1v) is 11.0. The Balaban J connectivity index is 1.42. The number of ether oxygens (including phenoxy) is 2. The molecule has 0 heterocycles. The summed E-state index contributed by atoms with van der Waals surface area (Å²) in [5, 5.41) is 2.70. The number of benzene rings is 4. The van der Waals surface area contributed by atoms with E-state index < -0.39 is 18.5 Å². The van der Waals surface area contributed by atoms with Crippen LogP contribution in [0.2, 0.25) is 0 Å². The summed E-state index contributed by atoms with van der Waals surface area (Å²) in [6.45, 7) is 1.41. The van der Waals surface area contributed by atoms with Crippen molar-refractivity contribution in [1.29, 1.82) is 0 Å². The molecule has 0 bridgehead atoms. The third-order valence-electron chi connectivity index (χ3n) is 5.17. The third-order valence-corrected chi connectivity index (χ3v) is 5.17. The number of para-hydroxylation sites is 3. The van der Waals surface area contributed by atoms with Crippen LogP contribution >= 0.6 is 0 Å². The number of aryl methyl sites for hydroxylation is 1. The summed E-state index contributed by atoms with van der Waals surface area (Å²) in [4.78, 5) is 38.2. The van der Waals surface area contributed by atoms with Crippen molar-refractivity contribution in [3.63, 3.8) is 0 Å². The van der Waals surface area contributed by atoms with E-state index in [0.717, 1.165) is 5.56 Å². The van der Waals surface area contributed by atoms with Crippen molar-refractivity contribution >= 4 is 23.3 Å². The molecule has 0 spiro atoms. The maximum absolute atomic E-state index is 12.9. The van der Waals surface area contributed by atoms with Gasteiger partial charge in [0.2, 0.25) is 0 Å². The van der Waals surface area contributed by atoms with Crippen molar-refractivity contribution in [2.75, 3.05) is 11.9 Å². The maximum atomic E-state index is 12.9. The number of rotatable bonds is 8. The lowest BCUT2D eigenvalue weighted by Gasteiger charge is -2.13. The molecule has 0 saturated heterocycles. The van der Waals surface area contributed by atoms with Gasteiger partial charge in [0.15, 0.2) is 18.1 Å². The van der Waals surface area contributed by atoms with Gasteiger partial charge in [-0.1, -0.05) is 78.4 Å². The summed E-state index contributed by atoms with van der Waals surface area (Å²) in [7, 11) is 0. The average Bonchev–Trinajstić information content (AvgIpc) is 2.89. The number of carbonyl (C=O) groups is 3. The Bertz CT molecular complexity index is 1350. The SMILES string of the molecule is Cc1ccc(C(=O)c2ccccc2C(=O)OCC(=O)Nc2ccccc2Oc2ccccc2)cc1. The molecule has 0 fully saturated rings. The van der Waals surface area contributed by atoms with Crippen molar-refractivity contribution in [3.8, 4) is 11.5 Å². The van der Waals surface area contributed by atoms with E-state index in [-0.39, 0.29) is 16.9 Å². The molecule has 0 unspecified atom stereocenters. The van der Waals surface area contributed by atoms with Crippen LogP contribution in [0.1, 0.15) is 31.8 Å². The molecule has 4 aromatic rings. The topological polar surface area (TPSA) is 81.7 Å². The van der Waals surface area contributed by atoms with Crippen LogP contribution in [0.5, 0.6) is 11.5 Å². The minimum Gasteiger partial charge on any atom is -0.455 e. The largest absolute Gasteiger partial charge is 0.455 e. The first-order chi connectivity index (χ1) is 17.0. The molecule has 35 heavy (non-hydrogen) atoms. The molecule has 0 aliphatic carbocycles. The molecular formula is C29H23NO5. The second kappa shape index (κ2) is 10.9. The van der Waals surface area contributed by atoms with Crippen LogP contribution in [0.3, 0.4) is 0 Å². The summed E-state index contributed by atoms with van der Waals surface area (Å²) in [5.74, 6) is -0.522. The highest BCUT2D eigenvalue weighted by Crippen LogP contribution is 2.29. The lowest BCUT2D eigenvalue weighted by molar-refractivity contribution is -0.119. The van der Waals surface area contributed by atoms with Gasteiger partial charge in [0.1, 0.15) is 5.75 Å². The summed E-state index contributed by atoms with van der Waals surface area (Å²) in [6, 6.07) is 29.6. The smallest absolute Gasteiger partial charge is 0.339 e. The van der Waals surface area contributed by atoms with E-state index in [1.54, 1.807) is 66.7 Å². The molecular weight excluding hydrogens is 442 g/mol. The Kier molecular flexibility index (Phi) is 7.33. The van der Waals surface area contributed by atoms with E-state index in [9.17, 15) is 14.4 Å². The van der Waals surface area contributed by atoms with Gasteiger partial charge in [0.25, 0.3) is 5.91 Å². The predicted molar refractivity (Wildman–Crippen MR) is 133 cm³/mol. The van der Waals surface area contributed by atoms with Crippen molar-refractivity contribution in [1.82, 2.24) is 0 Å². The monoisotopic (exact) mass is 465 g/mol. The molecule has 4 aromatic carbocycles. The van der Waals surface area contributed by atoms with Crippen LogP contribution in [0.15, 0.2) is 103 Å². The lowest BCUT2D eigenvalue weighted by Crippen LogP contribution is -2.22. The highest BCUT2D eigenvalue weighted by atomic mass is 16.5. The van der Waals surface area contributed by atoms with E-state index in [1.807, 2.05) is 37.3 Å². The fourth-order valence-corrected chi connectivity index (χ4v) is 3.39. The second-order valence-corrected chi connectivity index (χ2v) is 7.78. The number of anilines is 1. The van der Waals surface area contributed by atoms with Gasteiger partial charge in [-0.3, -0.25) is 9.59 Å². The molecule has 0 aliphatic rings. The Labute approximate surface area is 203 Å². The number of carbonyl (C=O) groups excluding carboxylic acids is 3. The molecule has 0 radical (unpaired) electrons. The number of esters is 1. The Morgan fingerprint density at radius 2 is 1.34 bits per heavy atom. The molecule has 0 saturated carbocycles. The van der Waals surface area contributed by atoms with Crippen molar-refractivity contribution < 1.29 is 23.9 Å². The zero-order chi connectivity index (χ0) is 24.6. The summed E-state index contributed by atoms with van der Waals surface area (Å²) in [6.07, 6.45) is 0. The fourth-order valence-electron chi connectivity index (χ4n) is 3.39. The zero-order valence-corrected chi connectivity index (χ0v) is 19.1. The number of amides is 1. The molecule has 6 nitrogen and oxygen atoms in total. The van der Waals surface area contributed by atoms with Crippen LogP contribution in [0, 0.1) is 6.92 Å². The number of nitrogens with one attached hydrogen (secondary N) is 1. The van der Waals surface area contributed by atoms with E-state index in [0.29, 0.717) is 22.7 Å². The Morgan fingerprint density at radius 3 is 2.09 bits per heavy atom. The predicted octanol–water partition coefficient (Wildman–Crippen LogP) is 5.81. The van der Waals surface area contributed by atoms with Gasteiger partial charge in [-0.15, -0.1) is 0 Å². The van der Waals surface area contributed by atoms with Crippen LogP contribution < -0.4 is 10.1 Å². The van der Waals surface area contributed by atoms with E-state index in [1.165, 1.54) is 6.07 Å². The molecule has 4 rings (SSSR count). The van der Waals surface area contributed by atoms with Gasteiger partial charge in [0, 0.05) is 11.1 Å². The summed E-state index contributed by atoms with van der Waals surface area (Å²) < 4.78 is 11.1. The fraction of sp³-hybridized carbons (Fsp3) is 0.0690. The van der Waals surface area contributed by atoms with Crippen molar-refractivity contribution in [3.05, 3.63) is 125 Å². The lowest BCUT2D eigenvalue weighted by atomic mass is 9.98.